The molecule has 1 saturated heterocycles. The molecule has 0 spiro atoms. The first-order valence-electron chi connectivity index (χ1n) is 5.14. The number of hydrogen-bond acceptors (Lipinski definition) is 2. The van der Waals surface area contributed by atoms with Gasteiger partial charge in [0.2, 0.25) is 0 Å². The van der Waals surface area contributed by atoms with Crippen LogP contribution in [0.5, 0.6) is 0 Å². The van der Waals surface area contributed by atoms with Gasteiger partial charge < -0.3 is 5.32 Å². The van der Waals surface area contributed by atoms with E-state index in [0.717, 1.165) is 12.6 Å². The van der Waals surface area contributed by atoms with Crippen LogP contribution in [0.15, 0.2) is 0 Å². The largest absolute Gasteiger partial charge is 0.311 e. The zero-order valence-electron chi connectivity index (χ0n) is 8.80. The quantitative estimate of drug-likeness (QED) is 0.675. The molecule has 2 atom stereocenters. The third-order valence-electron chi connectivity index (χ3n) is 2.79. The fraction of sp³-hybridized carbons (Fsp3) is 1.00. The van der Waals surface area contributed by atoms with Crippen LogP contribution >= 0.6 is 0 Å². The van der Waals surface area contributed by atoms with Crippen molar-refractivity contribution in [1.82, 2.24) is 10.2 Å². The van der Waals surface area contributed by atoms with Crippen molar-refractivity contribution in [3.8, 4) is 0 Å². The van der Waals surface area contributed by atoms with Crippen LogP contribution in [-0.4, -0.2) is 36.1 Å². The standard InChI is InChI=1S/C10H22N2/c1-5-10-6-11-9(4)7-12(10)8(2)3/h8-11H,5-7H2,1-4H3. The van der Waals surface area contributed by atoms with Crippen molar-refractivity contribution in [2.24, 2.45) is 0 Å². The Morgan fingerprint density at radius 1 is 1.50 bits per heavy atom. The fourth-order valence-corrected chi connectivity index (χ4v) is 2.00. The molecule has 1 fully saturated rings. The first kappa shape index (κ1) is 10.0. The molecule has 2 heteroatoms. The van der Waals surface area contributed by atoms with Gasteiger partial charge in [-0.05, 0) is 27.2 Å². The van der Waals surface area contributed by atoms with E-state index >= 15 is 0 Å². The molecule has 0 amide bonds. The van der Waals surface area contributed by atoms with E-state index in [2.05, 4.69) is 37.9 Å². The number of piperazine rings is 1. The monoisotopic (exact) mass is 170 g/mol. The van der Waals surface area contributed by atoms with E-state index in [0.29, 0.717) is 12.1 Å². The van der Waals surface area contributed by atoms with E-state index in [-0.39, 0.29) is 0 Å². The molecule has 1 N–H and O–H groups in total. The Labute approximate surface area is 76.3 Å². The first-order valence-corrected chi connectivity index (χ1v) is 5.14. The summed E-state index contributed by atoms with van der Waals surface area (Å²) < 4.78 is 0. The summed E-state index contributed by atoms with van der Waals surface area (Å²) in [6.45, 7) is 11.5. The highest BCUT2D eigenvalue weighted by molar-refractivity contribution is 4.84. The molecule has 12 heavy (non-hydrogen) atoms. The predicted octanol–water partition coefficient (Wildman–Crippen LogP) is 1.47. The zero-order valence-corrected chi connectivity index (χ0v) is 8.80. The van der Waals surface area contributed by atoms with Crippen molar-refractivity contribution < 1.29 is 0 Å². The van der Waals surface area contributed by atoms with Crippen LogP contribution in [0.25, 0.3) is 0 Å². The molecular formula is C10H22N2. The van der Waals surface area contributed by atoms with E-state index in [9.17, 15) is 0 Å². The second-order valence-electron chi connectivity index (χ2n) is 4.16. The van der Waals surface area contributed by atoms with Gasteiger partial charge in [-0.25, -0.2) is 0 Å². The summed E-state index contributed by atoms with van der Waals surface area (Å²) in [5, 5.41) is 3.53. The Balaban J connectivity index is 2.52. The number of hydrogen-bond donors (Lipinski definition) is 1. The van der Waals surface area contributed by atoms with E-state index in [4.69, 9.17) is 0 Å². The highest BCUT2D eigenvalue weighted by Gasteiger charge is 2.25. The fourth-order valence-electron chi connectivity index (χ4n) is 2.00. The smallest absolute Gasteiger partial charge is 0.0221 e. The van der Waals surface area contributed by atoms with Crippen LogP contribution in [0.3, 0.4) is 0 Å². The van der Waals surface area contributed by atoms with Gasteiger partial charge in [-0.2, -0.15) is 0 Å². The average Bonchev–Trinajstić information content (AvgIpc) is 2.04. The normalized spacial score (nSPS) is 32.8. The van der Waals surface area contributed by atoms with Gasteiger partial charge in [0.15, 0.2) is 0 Å². The maximum atomic E-state index is 3.53. The van der Waals surface area contributed by atoms with Gasteiger partial charge in [-0.1, -0.05) is 6.92 Å². The molecule has 0 bridgehead atoms. The maximum absolute atomic E-state index is 3.53. The van der Waals surface area contributed by atoms with Crippen molar-refractivity contribution in [1.29, 1.82) is 0 Å². The summed E-state index contributed by atoms with van der Waals surface area (Å²) in [5.41, 5.74) is 0. The molecule has 2 nitrogen and oxygen atoms in total. The molecule has 72 valence electrons. The van der Waals surface area contributed by atoms with Gasteiger partial charge in [-0.3, -0.25) is 4.90 Å². The molecule has 1 aliphatic heterocycles. The average molecular weight is 170 g/mol. The summed E-state index contributed by atoms with van der Waals surface area (Å²) in [6, 6.07) is 2.11. The Bertz CT molecular complexity index is 134. The Kier molecular flexibility index (Phi) is 3.53. The molecule has 0 aliphatic carbocycles. The second-order valence-corrected chi connectivity index (χ2v) is 4.16. The molecule has 2 unspecified atom stereocenters. The molecule has 1 heterocycles. The van der Waals surface area contributed by atoms with E-state index in [1.165, 1.54) is 13.0 Å². The summed E-state index contributed by atoms with van der Waals surface area (Å²) in [4.78, 5) is 2.61. The lowest BCUT2D eigenvalue weighted by atomic mass is 10.1. The topological polar surface area (TPSA) is 15.3 Å². The highest BCUT2D eigenvalue weighted by Crippen LogP contribution is 2.13. The number of nitrogens with one attached hydrogen (secondary N) is 1. The van der Waals surface area contributed by atoms with Gasteiger partial charge in [0.05, 0.1) is 0 Å². The third-order valence-corrected chi connectivity index (χ3v) is 2.79. The molecule has 0 aromatic rings. The Morgan fingerprint density at radius 3 is 2.67 bits per heavy atom. The lowest BCUT2D eigenvalue weighted by Crippen LogP contribution is -2.57. The van der Waals surface area contributed by atoms with E-state index in [1.54, 1.807) is 0 Å². The Hall–Kier alpha value is -0.0800. The number of rotatable bonds is 2. The van der Waals surface area contributed by atoms with Crippen molar-refractivity contribution in [2.45, 2.75) is 52.2 Å². The van der Waals surface area contributed by atoms with Gasteiger partial charge in [0.25, 0.3) is 0 Å². The van der Waals surface area contributed by atoms with Crippen LogP contribution in [0, 0.1) is 0 Å². The van der Waals surface area contributed by atoms with Gasteiger partial charge in [0.1, 0.15) is 0 Å². The zero-order chi connectivity index (χ0) is 9.14. The number of nitrogens with zero attached hydrogens (tertiary/aromatic N) is 1. The van der Waals surface area contributed by atoms with Crippen molar-refractivity contribution in [3.63, 3.8) is 0 Å². The van der Waals surface area contributed by atoms with Gasteiger partial charge in [0, 0.05) is 31.2 Å². The minimum Gasteiger partial charge on any atom is -0.311 e. The molecular weight excluding hydrogens is 148 g/mol. The lowest BCUT2D eigenvalue weighted by molar-refractivity contribution is 0.0986. The molecule has 0 aromatic heterocycles. The Morgan fingerprint density at radius 2 is 2.17 bits per heavy atom. The predicted molar refractivity (Wildman–Crippen MR) is 53.4 cm³/mol. The van der Waals surface area contributed by atoms with Crippen molar-refractivity contribution in [2.75, 3.05) is 13.1 Å². The van der Waals surface area contributed by atoms with Gasteiger partial charge >= 0.3 is 0 Å². The molecule has 1 aliphatic rings. The van der Waals surface area contributed by atoms with Crippen molar-refractivity contribution in [3.05, 3.63) is 0 Å². The van der Waals surface area contributed by atoms with E-state index in [1.807, 2.05) is 0 Å². The molecule has 0 aromatic carbocycles. The molecule has 1 rings (SSSR count). The SMILES string of the molecule is CCC1CNC(C)CN1C(C)C. The second kappa shape index (κ2) is 4.24. The third kappa shape index (κ3) is 2.20. The van der Waals surface area contributed by atoms with Crippen LogP contribution in [0.2, 0.25) is 0 Å². The van der Waals surface area contributed by atoms with Crippen LogP contribution in [0.4, 0.5) is 0 Å². The minimum atomic E-state index is 0.662. The van der Waals surface area contributed by atoms with Gasteiger partial charge in [-0.15, -0.1) is 0 Å². The highest BCUT2D eigenvalue weighted by atomic mass is 15.2. The minimum absolute atomic E-state index is 0.662. The lowest BCUT2D eigenvalue weighted by Gasteiger charge is -2.41. The van der Waals surface area contributed by atoms with E-state index < -0.39 is 0 Å². The summed E-state index contributed by atoms with van der Waals surface area (Å²) >= 11 is 0. The van der Waals surface area contributed by atoms with Crippen LogP contribution < -0.4 is 5.32 Å². The summed E-state index contributed by atoms with van der Waals surface area (Å²) in [6.07, 6.45) is 1.26. The summed E-state index contributed by atoms with van der Waals surface area (Å²) in [5.74, 6) is 0. The summed E-state index contributed by atoms with van der Waals surface area (Å²) in [7, 11) is 0. The van der Waals surface area contributed by atoms with Crippen LogP contribution in [-0.2, 0) is 0 Å². The molecule has 0 radical (unpaired) electrons. The van der Waals surface area contributed by atoms with Crippen molar-refractivity contribution >= 4 is 0 Å². The maximum Gasteiger partial charge on any atom is 0.0221 e. The first-order chi connectivity index (χ1) is 5.65. The molecule has 0 saturated carbocycles. The van der Waals surface area contributed by atoms with Crippen LogP contribution in [0.1, 0.15) is 34.1 Å².